The zero-order chi connectivity index (χ0) is 23.6. The number of methoxy groups -OCH3 is 2. The first-order chi connectivity index (χ1) is 15.1. The first kappa shape index (κ1) is 22.4. The van der Waals surface area contributed by atoms with Crippen LogP contribution in [0, 0.1) is 0 Å². The molecule has 3 unspecified atom stereocenters. The Morgan fingerprint density at radius 3 is 1.75 bits per heavy atom. The Morgan fingerprint density at radius 1 is 0.844 bits per heavy atom. The van der Waals surface area contributed by atoms with Crippen molar-refractivity contribution in [2.75, 3.05) is 20.8 Å². The molecule has 2 aromatic carbocycles. The van der Waals surface area contributed by atoms with E-state index in [1.807, 2.05) is 0 Å². The lowest BCUT2D eigenvalue weighted by Gasteiger charge is -2.85. The normalized spacial score (nSPS) is 39.8. The quantitative estimate of drug-likeness (QED) is 0.357. The molecule has 2 saturated carbocycles. The smallest absolute Gasteiger partial charge is 0.322 e. The monoisotopic (exact) mass is 444 g/mol. The minimum atomic E-state index is -2.93. The average Bonchev–Trinajstić information content (AvgIpc) is 2.84. The summed E-state index contributed by atoms with van der Waals surface area (Å²) in [4.78, 5) is 26.3. The first-order valence-electron chi connectivity index (χ1n) is 9.88. The van der Waals surface area contributed by atoms with E-state index in [1.165, 1.54) is 48.5 Å². The van der Waals surface area contributed by atoms with Gasteiger partial charge in [0.25, 0.3) is 0 Å². The summed E-state index contributed by atoms with van der Waals surface area (Å²) in [5, 5.41) is 57.2. The predicted octanol–water partition coefficient (Wildman–Crippen LogP) is -1.22. The van der Waals surface area contributed by atoms with Crippen molar-refractivity contribution in [2.24, 2.45) is 0 Å². The van der Waals surface area contributed by atoms with E-state index in [9.17, 15) is 35.1 Å². The van der Waals surface area contributed by atoms with Crippen LogP contribution in [0.4, 0.5) is 0 Å². The van der Waals surface area contributed by atoms with E-state index in [0.717, 1.165) is 14.2 Å². The molecule has 2 fully saturated rings. The number of rotatable bonds is 5. The fraction of sp³-hybridized carbons (Fsp3) is 0.391. The molecule has 2 aliphatic carbocycles. The lowest BCUT2D eigenvalue weighted by molar-refractivity contribution is -0.488. The second kappa shape index (κ2) is 6.84. The van der Waals surface area contributed by atoms with Gasteiger partial charge < -0.3 is 35.0 Å². The van der Waals surface area contributed by atoms with Crippen LogP contribution in [0.1, 0.15) is 11.1 Å². The van der Waals surface area contributed by atoms with Crippen molar-refractivity contribution >= 4 is 11.9 Å². The second-order valence-corrected chi connectivity index (χ2v) is 8.17. The fourth-order valence-electron chi connectivity index (χ4n) is 6.16. The number of carbonyl (C=O) groups is 2. The molecule has 0 spiro atoms. The number of ether oxygens (including phenoxy) is 2. The summed E-state index contributed by atoms with van der Waals surface area (Å²) in [5.41, 5.74) is -13.6. The molecule has 6 atom stereocenters. The number of fused-ring (bicyclic) bond motifs is 1. The Hall–Kier alpha value is -2.82. The molecular formula is C23H24O9. The van der Waals surface area contributed by atoms with E-state index in [4.69, 9.17) is 9.47 Å². The summed E-state index contributed by atoms with van der Waals surface area (Å²) in [7, 11) is 2.02. The third kappa shape index (κ3) is 1.82. The molecule has 9 nitrogen and oxygen atoms in total. The maximum Gasteiger partial charge on any atom is 0.322 e. The molecule has 2 aromatic rings. The topological polar surface area (TPSA) is 154 Å². The molecule has 170 valence electrons. The van der Waals surface area contributed by atoms with E-state index in [2.05, 4.69) is 0 Å². The molecule has 0 aliphatic heterocycles. The Labute approximate surface area is 183 Å². The van der Waals surface area contributed by atoms with Gasteiger partial charge >= 0.3 is 11.9 Å². The van der Waals surface area contributed by atoms with Gasteiger partial charge in [0.2, 0.25) is 0 Å². The van der Waals surface area contributed by atoms with Crippen molar-refractivity contribution in [3.8, 4) is 0 Å². The van der Waals surface area contributed by atoms with Crippen LogP contribution >= 0.6 is 0 Å². The average molecular weight is 444 g/mol. The minimum Gasteiger partial charge on any atom is -0.468 e. The van der Waals surface area contributed by atoms with Crippen molar-refractivity contribution in [2.45, 2.75) is 33.7 Å². The van der Waals surface area contributed by atoms with E-state index in [0.29, 0.717) is 0 Å². The molecule has 0 amide bonds. The maximum atomic E-state index is 13.2. The molecule has 4 rings (SSSR count). The van der Waals surface area contributed by atoms with Gasteiger partial charge in [-0.3, -0.25) is 9.59 Å². The van der Waals surface area contributed by atoms with Crippen LogP contribution in [0.25, 0.3) is 0 Å². The van der Waals surface area contributed by atoms with Crippen molar-refractivity contribution in [1.29, 1.82) is 0 Å². The number of aliphatic hydroxyl groups is 5. The highest BCUT2D eigenvalue weighted by Crippen LogP contribution is 2.79. The maximum absolute atomic E-state index is 13.2. The summed E-state index contributed by atoms with van der Waals surface area (Å²) in [5.74, 6) is -2.38. The fourth-order valence-corrected chi connectivity index (χ4v) is 6.16. The Bertz CT molecular complexity index is 1050. The molecule has 32 heavy (non-hydrogen) atoms. The molecular weight excluding hydrogens is 420 g/mol. The molecule has 0 saturated heterocycles. The Kier molecular flexibility index (Phi) is 4.78. The largest absolute Gasteiger partial charge is 0.468 e. The number of hydrogen-bond acceptors (Lipinski definition) is 9. The van der Waals surface area contributed by atoms with Crippen molar-refractivity contribution < 1.29 is 44.6 Å². The van der Waals surface area contributed by atoms with Crippen LogP contribution in [-0.4, -0.2) is 81.2 Å². The van der Waals surface area contributed by atoms with Crippen molar-refractivity contribution in [1.82, 2.24) is 0 Å². The van der Waals surface area contributed by atoms with Crippen molar-refractivity contribution in [3.05, 3.63) is 71.8 Å². The van der Waals surface area contributed by atoms with E-state index < -0.39 is 52.3 Å². The van der Waals surface area contributed by atoms with Gasteiger partial charge in [-0.1, -0.05) is 60.7 Å². The predicted molar refractivity (Wildman–Crippen MR) is 108 cm³/mol. The number of carbonyl (C=O) groups excluding carboxylic acids is 2. The van der Waals surface area contributed by atoms with Crippen LogP contribution in [0.2, 0.25) is 0 Å². The van der Waals surface area contributed by atoms with Crippen LogP contribution in [-0.2, 0) is 29.9 Å². The molecule has 0 radical (unpaired) electrons. The zero-order valence-corrected chi connectivity index (χ0v) is 17.4. The Morgan fingerprint density at radius 2 is 1.31 bits per heavy atom. The van der Waals surface area contributed by atoms with Gasteiger partial charge in [-0.25, -0.2) is 0 Å². The highest BCUT2D eigenvalue weighted by molar-refractivity contribution is 6.00. The number of hydrogen-bond donors (Lipinski definition) is 5. The van der Waals surface area contributed by atoms with Gasteiger partial charge in [0.15, 0.2) is 16.4 Å². The van der Waals surface area contributed by atoms with E-state index >= 15 is 0 Å². The van der Waals surface area contributed by atoms with Crippen LogP contribution in [0.5, 0.6) is 0 Å². The zero-order valence-electron chi connectivity index (χ0n) is 17.4. The number of aliphatic hydroxyl groups excluding tert-OH is 2. The lowest BCUT2D eigenvalue weighted by Crippen LogP contribution is -3.11. The minimum absolute atomic E-state index is 0.0185. The van der Waals surface area contributed by atoms with Gasteiger partial charge in [-0.2, -0.15) is 0 Å². The summed E-state index contributed by atoms with van der Waals surface area (Å²) < 4.78 is 9.74. The van der Waals surface area contributed by atoms with Crippen LogP contribution in [0.3, 0.4) is 0 Å². The molecule has 9 heteroatoms. The number of esters is 2. The molecule has 0 bridgehead atoms. The molecule has 5 N–H and O–H groups in total. The molecule has 2 aliphatic rings. The standard InChI is InChI=1S/C23H24O9/c1-31-17(26)20(14-9-5-3-6-10-14)16(25)22(29)21(18(27)32-2,15-11-7-4-8-12-15)19(28,13-24)23(20,22)30/h3-12,16,24-25,28-30H,13H2,1-2H3/t16?,19-,20?,21?,22+,23+/m0/s1. The third-order valence-electron chi connectivity index (χ3n) is 7.38. The lowest BCUT2D eigenvalue weighted by atomic mass is 9.20. The van der Waals surface area contributed by atoms with Gasteiger partial charge in [0.05, 0.1) is 20.8 Å². The van der Waals surface area contributed by atoms with Crippen molar-refractivity contribution in [3.63, 3.8) is 0 Å². The number of benzene rings is 2. The third-order valence-corrected chi connectivity index (χ3v) is 7.38. The van der Waals surface area contributed by atoms with E-state index in [-0.39, 0.29) is 11.1 Å². The van der Waals surface area contributed by atoms with Gasteiger partial charge in [-0.15, -0.1) is 0 Å². The van der Waals surface area contributed by atoms with Gasteiger partial charge in [0, 0.05) is 0 Å². The highest BCUT2D eigenvalue weighted by Gasteiger charge is 3.07. The first-order valence-corrected chi connectivity index (χ1v) is 9.88. The highest BCUT2D eigenvalue weighted by atomic mass is 16.5. The second-order valence-electron chi connectivity index (χ2n) is 8.17. The van der Waals surface area contributed by atoms with E-state index in [1.54, 1.807) is 12.1 Å². The SMILES string of the molecule is COC(=O)C1(c2ccccc2)C(O)[C@@]2(O)C(C(=O)OC)(c3ccccc3)[C@@](O)(CO)[C@@]12O. The molecule has 0 aromatic heterocycles. The van der Waals surface area contributed by atoms with Crippen LogP contribution < -0.4 is 0 Å². The Balaban J connectivity index is 2.10. The van der Waals surface area contributed by atoms with Crippen LogP contribution in [0.15, 0.2) is 60.7 Å². The molecule has 0 heterocycles. The summed E-state index contributed by atoms with van der Waals surface area (Å²) >= 11 is 0. The van der Waals surface area contributed by atoms with Gasteiger partial charge in [-0.05, 0) is 11.1 Å². The summed E-state index contributed by atoms with van der Waals surface area (Å²) in [6.07, 6.45) is -2.12. The van der Waals surface area contributed by atoms with Gasteiger partial charge in [0.1, 0.15) is 17.3 Å². The summed E-state index contributed by atoms with van der Waals surface area (Å²) in [6, 6.07) is 14.8. The summed E-state index contributed by atoms with van der Waals surface area (Å²) in [6.45, 7) is -1.26.